The van der Waals surface area contributed by atoms with Crippen molar-refractivity contribution < 1.29 is 9.53 Å². The minimum atomic E-state index is -0.108. The molecule has 0 fully saturated rings. The molecule has 1 aromatic carbocycles. The first-order valence-corrected chi connectivity index (χ1v) is 7.34. The Kier molecular flexibility index (Phi) is 3.47. The van der Waals surface area contributed by atoms with Gasteiger partial charge in [0.15, 0.2) is 0 Å². The Hall–Kier alpha value is -1.83. The lowest BCUT2D eigenvalue weighted by Gasteiger charge is -2.18. The van der Waals surface area contributed by atoms with Crippen LogP contribution in [0.25, 0.3) is 5.57 Å². The molecular weight excluding hydrogens is 248 g/mol. The van der Waals surface area contributed by atoms with E-state index in [1.54, 1.807) is 0 Å². The highest BCUT2D eigenvalue weighted by Gasteiger charge is 2.31. The fourth-order valence-corrected chi connectivity index (χ4v) is 3.06. The van der Waals surface area contributed by atoms with Gasteiger partial charge in [0.2, 0.25) is 0 Å². The summed E-state index contributed by atoms with van der Waals surface area (Å²) in [4.78, 5) is 11.7. The topological polar surface area (TPSA) is 26.3 Å². The number of hydrogen-bond donors (Lipinski definition) is 0. The summed E-state index contributed by atoms with van der Waals surface area (Å²) < 4.78 is 5.50. The smallest absolute Gasteiger partial charge is 0.308 e. The molecule has 2 aliphatic rings. The van der Waals surface area contributed by atoms with Crippen LogP contribution in [0.1, 0.15) is 43.7 Å². The molecule has 0 bridgehead atoms. The quantitative estimate of drug-likeness (QED) is 0.772. The number of ether oxygens (including phenoxy) is 1. The van der Waals surface area contributed by atoms with Crippen molar-refractivity contribution in [2.75, 3.05) is 6.61 Å². The number of rotatable bonds is 3. The molecule has 0 saturated heterocycles. The Labute approximate surface area is 120 Å². The summed E-state index contributed by atoms with van der Waals surface area (Å²) in [5, 5.41) is 0. The summed E-state index contributed by atoms with van der Waals surface area (Å²) in [5.74, 6) is 0.0723. The van der Waals surface area contributed by atoms with Crippen molar-refractivity contribution in [1.82, 2.24) is 0 Å². The van der Waals surface area contributed by atoms with Crippen molar-refractivity contribution in [2.24, 2.45) is 5.92 Å². The Morgan fingerprint density at radius 3 is 2.95 bits per heavy atom. The lowest BCUT2D eigenvalue weighted by atomic mass is 9.91. The van der Waals surface area contributed by atoms with Gasteiger partial charge < -0.3 is 4.74 Å². The van der Waals surface area contributed by atoms with E-state index in [9.17, 15) is 4.79 Å². The first-order valence-electron chi connectivity index (χ1n) is 7.34. The van der Waals surface area contributed by atoms with E-state index in [0.29, 0.717) is 6.61 Å². The highest BCUT2D eigenvalue weighted by Crippen LogP contribution is 2.46. The van der Waals surface area contributed by atoms with E-state index in [2.05, 4.69) is 36.4 Å². The summed E-state index contributed by atoms with van der Waals surface area (Å²) in [7, 11) is 0. The van der Waals surface area contributed by atoms with Crippen molar-refractivity contribution in [3.8, 4) is 0 Å². The van der Waals surface area contributed by atoms with Crippen LogP contribution >= 0.6 is 0 Å². The van der Waals surface area contributed by atoms with Gasteiger partial charge in [-0.05, 0) is 29.5 Å². The van der Waals surface area contributed by atoms with Gasteiger partial charge in [0.05, 0.1) is 5.92 Å². The van der Waals surface area contributed by atoms with Crippen molar-refractivity contribution >= 4 is 11.5 Å². The average molecular weight is 268 g/mol. The third kappa shape index (κ3) is 2.20. The predicted octanol–water partition coefficient (Wildman–Crippen LogP) is 4.09. The molecule has 2 nitrogen and oxygen atoms in total. The van der Waals surface area contributed by atoms with E-state index < -0.39 is 0 Å². The van der Waals surface area contributed by atoms with Gasteiger partial charge in [-0.3, -0.25) is 4.79 Å². The number of hydrogen-bond acceptors (Lipinski definition) is 2. The Balaban J connectivity index is 1.88. The second-order valence-corrected chi connectivity index (χ2v) is 5.80. The number of esters is 1. The van der Waals surface area contributed by atoms with Crippen LogP contribution in [0.2, 0.25) is 0 Å². The zero-order valence-electron chi connectivity index (χ0n) is 12.1. The maximum atomic E-state index is 11.7. The zero-order valence-corrected chi connectivity index (χ0v) is 12.1. The first-order chi connectivity index (χ1) is 9.68. The number of carbonyl (C=O) groups is 1. The minimum Gasteiger partial charge on any atom is -0.464 e. The van der Waals surface area contributed by atoms with Crippen LogP contribution in [-0.2, 0) is 9.53 Å². The normalized spacial score (nSPS) is 20.1. The molecule has 1 unspecified atom stereocenters. The standard InChI is InChI=1S/C18H20O2/c1-12(2)18(19)20-11-17-15-9-5-3-7-13(15)14-8-4-6-10-16(14)17/h3-5,7-9,12,17H,6,10-11H2,1-2H3. The van der Waals surface area contributed by atoms with Crippen LogP contribution in [0.3, 0.4) is 0 Å². The first kappa shape index (κ1) is 13.2. The molecule has 2 aliphatic carbocycles. The number of carbonyl (C=O) groups excluding carboxylic acids is 1. The Morgan fingerprint density at radius 2 is 2.15 bits per heavy atom. The van der Waals surface area contributed by atoms with Gasteiger partial charge in [0.1, 0.15) is 6.61 Å². The van der Waals surface area contributed by atoms with E-state index in [1.807, 2.05) is 13.8 Å². The van der Waals surface area contributed by atoms with Crippen molar-refractivity contribution in [3.63, 3.8) is 0 Å². The minimum absolute atomic E-state index is 0.0636. The van der Waals surface area contributed by atoms with Gasteiger partial charge in [-0.15, -0.1) is 0 Å². The maximum Gasteiger partial charge on any atom is 0.308 e. The molecule has 20 heavy (non-hydrogen) atoms. The Bertz CT molecular complexity index is 593. The largest absolute Gasteiger partial charge is 0.464 e. The average Bonchev–Trinajstić information content (AvgIpc) is 2.79. The van der Waals surface area contributed by atoms with Crippen LogP contribution in [0, 0.1) is 5.92 Å². The number of fused-ring (bicyclic) bond motifs is 2. The van der Waals surface area contributed by atoms with Crippen molar-refractivity contribution in [2.45, 2.75) is 32.6 Å². The fraction of sp³-hybridized carbons (Fsp3) is 0.389. The number of allylic oxidation sites excluding steroid dienone is 3. The highest BCUT2D eigenvalue weighted by molar-refractivity contribution is 5.85. The molecule has 0 N–H and O–H groups in total. The molecule has 0 aliphatic heterocycles. The number of benzene rings is 1. The van der Waals surface area contributed by atoms with E-state index in [4.69, 9.17) is 4.74 Å². The molecule has 2 heteroatoms. The van der Waals surface area contributed by atoms with E-state index in [1.165, 1.54) is 22.3 Å². The fourth-order valence-electron chi connectivity index (χ4n) is 3.06. The third-order valence-electron chi connectivity index (χ3n) is 4.12. The molecular formula is C18H20O2. The van der Waals surface area contributed by atoms with Gasteiger partial charge in [-0.1, -0.05) is 55.8 Å². The monoisotopic (exact) mass is 268 g/mol. The van der Waals surface area contributed by atoms with Crippen molar-refractivity contribution in [1.29, 1.82) is 0 Å². The third-order valence-corrected chi connectivity index (χ3v) is 4.12. The molecule has 0 spiro atoms. The van der Waals surface area contributed by atoms with Gasteiger partial charge in [0, 0.05) is 5.92 Å². The predicted molar refractivity (Wildman–Crippen MR) is 80.3 cm³/mol. The van der Waals surface area contributed by atoms with E-state index in [-0.39, 0.29) is 17.8 Å². The highest BCUT2D eigenvalue weighted by atomic mass is 16.5. The van der Waals surface area contributed by atoms with Crippen LogP contribution in [0.4, 0.5) is 0 Å². The maximum absolute atomic E-state index is 11.7. The molecule has 0 aromatic heterocycles. The van der Waals surface area contributed by atoms with Crippen LogP contribution in [-0.4, -0.2) is 12.6 Å². The molecule has 1 atom stereocenters. The van der Waals surface area contributed by atoms with Gasteiger partial charge in [-0.25, -0.2) is 0 Å². The molecule has 3 rings (SSSR count). The molecule has 0 amide bonds. The summed E-state index contributed by atoms with van der Waals surface area (Å²) >= 11 is 0. The van der Waals surface area contributed by atoms with Gasteiger partial charge >= 0.3 is 5.97 Å². The second-order valence-electron chi connectivity index (χ2n) is 5.80. The van der Waals surface area contributed by atoms with Crippen LogP contribution in [0.5, 0.6) is 0 Å². The van der Waals surface area contributed by atoms with Gasteiger partial charge in [0.25, 0.3) is 0 Å². The Morgan fingerprint density at radius 1 is 1.35 bits per heavy atom. The molecule has 1 aromatic rings. The SMILES string of the molecule is CC(C)C(=O)OCC1C2=C(C=CCC2)c2ccccc21. The summed E-state index contributed by atoms with van der Waals surface area (Å²) in [5.41, 5.74) is 5.40. The van der Waals surface area contributed by atoms with E-state index in [0.717, 1.165) is 12.8 Å². The molecule has 0 saturated carbocycles. The summed E-state index contributed by atoms with van der Waals surface area (Å²) in [6.45, 7) is 4.22. The lowest BCUT2D eigenvalue weighted by Crippen LogP contribution is -2.17. The van der Waals surface area contributed by atoms with E-state index >= 15 is 0 Å². The zero-order chi connectivity index (χ0) is 14.1. The van der Waals surface area contributed by atoms with Crippen LogP contribution < -0.4 is 0 Å². The lowest BCUT2D eigenvalue weighted by molar-refractivity contribution is -0.147. The van der Waals surface area contributed by atoms with Crippen molar-refractivity contribution in [3.05, 3.63) is 53.1 Å². The summed E-state index contributed by atoms with van der Waals surface area (Å²) in [6, 6.07) is 8.48. The molecule has 0 radical (unpaired) electrons. The second kappa shape index (κ2) is 5.28. The summed E-state index contributed by atoms with van der Waals surface area (Å²) in [6.07, 6.45) is 6.62. The van der Waals surface area contributed by atoms with Crippen LogP contribution in [0.15, 0.2) is 42.0 Å². The van der Waals surface area contributed by atoms with Gasteiger partial charge in [-0.2, -0.15) is 0 Å². The molecule has 0 heterocycles. The molecule has 104 valence electrons.